The molecule has 0 radical (unpaired) electrons. The number of phenolic OH excluding ortho intramolecular Hbond substituents is 1. The first kappa shape index (κ1) is 19.3. The Kier molecular flexibility index (Phi) is 5.17. The molecule has 2 heterocycles. The lowest BCUT2D eigenvalue weighted by atomic mass is 10.0. The number of nitrogens with zero attached hydrogens (tertiary/aromatic N) is 1. The van der Waals surface area contributed by atoms with E-state index in [2.05, 4.69) is 6.92 Å². The average molecular weight is 419 g/mol. The summed E-state index contributed by atoms with van der Waals surface area (Å²) in [7, 11) is 0. The minimum atomic E-state index is -1.81. The molecule has 2 aliphatic rings. The van der Waals surface area contributed by atoms with Gasteiger partial charge in [0.1, 0.15) is 21.6 Å². The highest BCUT2D eigenvalue weighted by Crippen LogP contribution is 2.52. The molecule has 0 saturated heterocycles. The Bertz CT molecular complexity index is 836. The van der Waals surface area contributed by atoms with Gasteiger partial charge < -0.3 is 9.84 Å². The first-order valence-electron chi connectivity index (χ1n) is 8.40. The smallest absolute Gasteiger partial charge is 0.288 e. The van der Waals surface area contributed by atoms with E-state index < -0.39 is 17.4 Å². The Morgan fingerprint density at radius 1 is 1.19 bits per heavy atom. The summed E-state index contributed by atoms with van der Waals surface area (Å²) in [5, 5.41) is 9.70. The molecule has 5 nitrogen and oxygen atoms in total. The van der Waals surface area contributed by atoms with Crippen LogP contribution in [0.4, 0.5) is 0 Å². The van der Waals surface area contributed by atoms with Crippen molar-refractivity contribution in [3.63, 3.8) is 0 Å². The summed E-state index contributed by atoms with van der Waals surface area (Å²) in [6, 6.07) is 1.33. The van der Waals surface area contributed by atoms with Crippen LogP contribution in [0.2, 0.25) is 5.02 Å². The number of rotatable bonds is 5. The number of hydrogen-bond acceptors (Lipinski definition) is 4. The lowest BCUT2D eigenvalue weighted by molar-refractivity contribution is -0.134. The monoisotopic (exact) mass is 417 g/mol. The van der Waals surface area contributed by atoms with Crippen LogP contribution in [-0.2, 0) is 4.79 Å². The van der Waals surface area contributed by atoms with E-state index >= 15 is 0 Å². The predicted octanol–water partition coefficient (Wildman–Crippen LogP) is 4.74. The molecule has 1 unspecified atom stereocenters. The van der Waals surface area contributed by atoms with E-state index in [-0.39, 0.29) is 38.7 Å². The van der Waals surface area contributed by atoms with E-state index in [0.717, 1.165) is 19.3 Å². The van der Waals surface area contributed by atoms with Crippen molar-refractivity contribution in [2.75, 3.05) is 6.54 Å². The van der Waals surface area contributed by atoms with E-state index in [1.54, 1.807) is 6.92 Å². The molecule has 8 heteroatoms. The van der Waals surface area contributed by atoms with Crippen LogP contribution < -0.4 is 4.74 Å². The number of ether oxygens (including phenoxy) is 1. The van der Waals surface area contributed by atoms with Gasteiger partial charge in [0.15, 0.2) is 0 Å². The van der Waals surface area contributed by atoms with Crippen molar-refractivity contribution in [1.82, 2.24) is 4.90 Å². The van der Waals surface area contributed by atoms with Crippen LogP contribution in [0.1, 0.15) is 48.5 Å². The van der Waals surface area contributed by atoms with Gasteiger partial charge in [-0.25, -0.2) is 0 Å². The molecular formula is C18H18Cl3NO4. The molecule has 1 aromatic carbocycles. The third kappa shape index (κ3) is 2.60. The lowest BCUT2D eigenvalue weighted by Crippen LogP contribution is -2.55. The van der Waals surface area contributed by atoms with Crippen molar-refractivity contribution >= 4 is 46.5 Å². The molecule has 1 spiro atoms. The number of Topliss-reactive ketones (excluding diaryl/α,β-unsaturated/α-hetero) is 1. The number of amides is 1. The molecule has 1 atom stereocenters. The summed E-state index contributed by atoms with van der Waals surface area (Å²) in [5.41, 5.74) is -1.34. The van der Waals surface area contributed by atoms with Crippen molar-refractivity contribution < 1.29 is 19.4 Å². The number of hydrogen-bond donors (Lipinski definition) is 1. The predicted molar refractivity (Wildman–Crippen MR) is 100 cm³/mol. The molecule has 0 bridgehead atoms. The van der Waals surface area contributed by atoms with Gasteiger partial charge in [0.2, 0.25) is 5.78 Å². The summed E-state index contributed by atoms with van der Waals surface area (Å²) >= 11 is 18.4. The molecule has 2 aliphatic heterocycles. The number of carbonyl (C=O) groups excluding carboxylic acids is 2. The van der Waals surface area contributed by atoms with Crippen molar-refractivity contribution in [2.24, 2.45) is 0 Å². The maximum Gasteiger partial charge on any atom is 0.288 e. The van der Waals surface area contributed by atoms with Gasteiger partial charge in [0.25, 0.3) is 11.6 Å². The van der Waals surface area contributed by atoms with E-state index in [1.807, 2.05) is 0 Å². The number of unbranched alkanes of at least 4 members (excludes halogenated alkanes) is 3. The molecule has 1 N–H and O–H groups in total. The first-order valence-corrected chi connectivity index (χ1v) is 9.54. The standard InChI is InChI=1S/C18H18Cl3NO4/c1-3-4-5-6-7-22-17(25)12(20)15(21)18(22)16(24)10-8-11(19)13(23)9(2)14(10)26-18/h8,23H,3-7H2,1-2H3. The number of aromatic hydroxyl groups is 1. The SMILES string of the molecule is CCCCCCN1C(=O)C(Cl)=C(Cl)C12Oc1c(cc(Cl)c(O)c1C)C2=O. The first-order chi connectivity index (χ1) is 12.3. The van der Waals surface area contributed by atoms with Gasteiger partial charge in [-0.05, 0) is 19.4 Å². The van der Waals surface area contributed by atoms with Crippen LogP contribution in [0.5, 0.6) is 11.5 Å². The molecule has 1 aromatic rings. The third-order valence-corrected chi connectivity index (χ3v) is 5.96. The van der Waals surface area contributed by atoms with Crippen LogP contribution in [0, 0.1) is 6.92 Å². The van der Waals surface area contributed by atoms with Gasteiger partial charge in [0, 0.05) is 12.1 Å². The summed E-state index contributed by atoms with van der Waals surface area (Å²) in [6.45, 7) is 3.94. The summed E-state index contributed by atoms with van der Waals surface area (Å²) in [5.74, 6) is -1.07. The zero-order valence-corrected chi connectivity index (χ0v) is 16.6. The quantitative estimate of drug-likeness (QED) is 0.702. The van der Waals surface area contributed by atoms with Gasteiger partial charge in [0.05, 0.1) is 10.6 Å². The van der Waals surface area contributed by atoms with Gasteiger partial charge in [-0.3, -0.25) is 14.5 Å². The average Bonchev–Trinajstić information content (AvgIpc) is 3.00. The van der Waals surface area contributed by atoms with Crippen LogP contribution in [0.15, 0.2) is 16.1 Å². The van der Waals surface area contributed by atoms with Crippen molar-refractivity contribution in [3.05, 3.63) is 32.3 Å². The molecule has 0 aromatic heterocycles. The topological polar surface area (TPSA) is 66.8 Å². The van der Waals surface area contributed by atoms with E-state index in [1.165, 1.54) is 11.0 Å². The molecule has 0 aliphatic carbocycles. The Balaban J connectivity index is 2.04. The summed E-state index contributed by atoms with van der Waals surface area (Å²) < 4.78 is 5.92. The van der Waals surface area contributed by atoms with Crippen LogP contribution in [0.3, 0.4) is 0 Å². The molecule has 1 amide bonds. The maximum absolute atomic E-state index is 13.2. The number of ketones is 1. The van der Waals surface area contributed by atoms with Crippen molar-refractivity contribution in [1.29, 1.82) is 0 Å². The highest BCUT2D eigenvalue weighted by atomic mass is 35.5. The second-order valence-electron chi connectivity index (χ2n) is 6.43. The third-order valence-electron chi connectivity index (χ3n) is 4.78. The van der Waals surface area contributed by atoms with Crippen LogP contribution in [-0.4, -0.2) is 34.0 Å². The van der Waals surface area contributed by atoms with Gasteiger partial charge in [-0.2, -0.15) is 0 Å². The largest absolute Gasteiger partial charge is 0.506 e. The molecule has 26 heavy (non-hydrogen) atoms. The number of carbonyl (C=O) groups is 2. The normalized spacial score (nSPS) is 21.8. The van der Waals surface area contributed by atoms with Crippen LogP contribution >= 0.6 is 34.8 Å². The number of fused-ring (bicyclic) bond motifs is 1. The van der Waals surface area contributed by atoms with E-state index in [0.29, 0.717) is 12.0 Å². The fourth-order valence-electron chi connectivity index (χ4n) is 3.33. The van der Waals surface area contributed by atoms with Gasteiger partial charge in [-0.1, -0.05) is 61.0 Å². The minimum absolute atomic E-state index is 0.0280. The summed E-state index contributed by atoms with van der Waals surface area (Å²) in [4.78, 5) is 27.1. The number of benzene rings is 1. The fraction of sp³-hybridized carbons (Fsp3) is 0.444. The highest BCUT2D eigenvalue weighted by molar-refractivity contribution is 6.51. The maximum atomic E-state index is 13.2. The Hall–Kier alpha value is -1.43. The molecule has 0 fully saturated rings. The molecular weight excluding hydrogens is 401 g/mol. The second-order valence-corrected chi connectivity index (χ2v) is 7.59. The Labute approximate surface area is 166 Å². The van der Waals surface area contributed by atoms with Crippen molar-refractivity contribution in [2.45, 2.75) is 45.3 Å². The highest BCUT2D eigenvalue weighted by Gasteiger charge is 2.62. The summed E-state index contributed by atoms with van der Waals surface area (Å²) in [6.07, 6.45) is 3.64. The Morgan fingerprint density at radius 2 is 1.88 bits per heavy atom. The Morgan fingerprint density at radius 3 is 2.54 bits per heavy atom. The number of halogens is 3. The van der Waals surface area contributed by atoms with E-state index in [9.17, 15) is 14.7 Å². The van der Waals surface area contributed by atoms with E-state index in [4.69, 9.17) is 39.5 Å². The molecule has 140 valence electrons. The second kappa shape index (κ2) is 6.95. The lowest BCUT2D eigenvalue weighted by Gasteiger charge is -2.33. The minimum Gasteiger partial charge on any atom is -0.506 e. The van der Waals surface area contributed by atoms with Gasteiger partial charge >= 0.3 is 0 Å². The van der Waals surface area contributed by atoms with Gasteiger partial charge in [-0.15, -0.1) is 0 Å². The zero-order chi connectivity index (χ0) is 19.2. The molecule has 3 rings (SSSR count). The molecule has 0 saturated carbocycles. The fourth-order valence-corrected chi connectivity index (χ4v) is 4.11. The number of phenols is 1. The van der Waals surface area contributed by atoms with Crippen molar-refractivity contribution in [3.8, 4) is 11.5 Å². The van der Waals surface area contributed by atoms with Crippen LogP contribution in [0.25, 0.3) is 0 Å². The zero-order valence-electron chi connectivity index (χ0n) is 14.4.